The Balaban J connectivity index is 1.94. The van der Waals surface area contributed by atoms with Crippen molar-refractivity contribution < 1.29 is 9.47 Å². The molecule has 1 heterocycles. The summed E-state index contributed by atoms with van der Waals surface area (Å²) in [6.07, 6.45) is 3.53. The lowest BCUT2D eigenvalue weighted by Gasteiger charge is -2.18. The Kier molecular flexibility index (Phi) is 6.40. The maximum absolute atomic E-state index is 5.52. The minimum absolute atomic E-state index is 0.197. The van der Waals surface area contributed by atoms with Gasteiger partial charge in [0.25, 0.3) is 0 Å². The highest BCUT2D eigenvalue weighted by Gasteiger charge is 2.08. The summed E-state index contributed by atoms with van der Waals surface area (Å²) in [4.78, 5) is 0. The molecule has 1 N–H and O–H groups in total. The zero-order valence-corrected chi connectivity index (χ0v) is 12.7. The molecule has 0 aliphatic rings. The summed E-state index contributed by atoms with van der Waals surface area (Å²) in [7, 11) is 0. The van der Waals surface area contributed by atoms with Gasteiger partial charge in [-0.1, -0.05) is 18.2 Å². The Hall–Kier alpha value is -1.69. The highest BCUT2D eigenvalue weighted by atomic mass is 16.7. The molecule has 5 nitrogen and oxygen atoms in total. The molecule has 0 radical (unpaired) electrons. The first-order valence-corrected chi connectivity index (χ1v) is 7.37. The van der Waals surface area contributed by atoms with Crippen molar-refractivity contribution in [2.45, 2.75) is 26.7 Å². The lowest BCUT2D eigenvalue weighted by Crippen LogP contribution is -2.31. The molecule has 0 saturated carbocycles. The van der Waals surface area contributed by atoms with Crippen LogP contribution in [0.2, 0.25) is 0 Å². The predicted molar refractivity (Wildman–Crippen MR) is 82.3 cm³/mol. The predicted octanol–water partition coefficient (Wildman–Crippen LogP) is 2.36. The second kappa shape index (κ2) is 8.56. The van der Waals surface area contributed by atoms with E-state index < -0.39 is 0 Å². The molecule has 2 aromatic rings. The first-order valence-electron chi connectivity index (χ1n) is 7.37. The maximum atomic E-state index is 5.52. The van der Waals surface area contributed by atoms with Gasteiger partial charge in [-0.05, 0) is 31.5 Å². The van der Waals surface area contributed by atoms with Crippen molar-refractivity contribution in [1.82, 2.24) is 15.1 Å². The summed E-state index contributed by atoms with van der Waals surface area (Å²) >= 11 is 0. The average Bonchev–Trinajstić information content (AvgIpc) is 3.02. The van der Waals surface area contributed by atoms with Gasteiger partial charge in [-0.15, -0.1) is 0 Å². The van der Waals surface area contributed by atoms with Crippen LogP contribution in [0.25, 0.3) is 5.69 Å². The number of nitrogens with zero attached hydrogens (tertiary/aromatic N) is 2. The van der Waals surface area contributed by atoms with Crippen molar-refractivity contribution in [3.05, 3.63) is 48.3 Å². The van der Waals surface area contributed by atoms with E-state index in [0.29, 0.717) is 19.8 Å². The van der Waals surface area contributed by atoms with Gasteiger partial charge in [0.15, 0.2) is 6.29 Å². The van der Waals surface area contributed by atoms with Crippen molar-refractivity contribution in [2.24, 2.45) is 0 Å². The van der Waals surface area contributed by atoms with Gasteiger partial charge in [0, 0.05) is 38.7 Å². The lowest BCUT2D eigenvalue weighted by molar-refractivity contribution is -0.133. The smallest absolute Gasteiger partial charge is 0.169 e. The van der Waals surface area contributed by atoms with Crippen molar-refractivity contribution in [3.63, 3.8) is 0 Å². The first-order chi connectivity index (χ1) is 10.3. The molecule has 0 atom stereocenters. The van der Waals surface area contributed by atoms with E-state index >= 15 is 0 Å². The van der Waals surface area contributed by atoms with E-state index in [4.69, 9.17) is 9.47 Å². The normalized spacial score (nSPS) is 11.2. The molecule has 0 bridgehead atoms. The van der Waals surface area contributed by atoms with E-state index in [0.717, 1.165) is 12.2 Å². The number of hydrogen-bond donors (Lipinski definition) is 1. The Morgan fingerprint density at radius 2 is 1.90 bits per heavy atom. The number of hydrogen-bond acceptors (Lipinski definition) is 4. The topological polar surface area (TPSA) is 48.3 Å². The van der Waals surface area contributed by atoms with E-state index in [1.54, 1.807) is 6.20 Å². The van der Waals surface area contributed by atoms with Gasteiger partial charge in [0.2, 0.25) is 0 Å². The number of nitrogens with one attached hydrogen (secondary N) is 1. The van der Waals surface area contributed by atoms with Crippen LogP contribution in [-0.2, 0) is 16.0 Å². The van der Waals surface area contributed by atoms with Gasteiger partial charge in [0.1, 0.15) is 0 Å². The molecular formula is C16H23N3O2. The van der Waals surface area contributed by atoms with E-state index in [9.17, 15) is 0 Å². The van der Waals surface area contributed by atoms with Crippen LogP contribution in [0.4, 0.5) is 0 Å². The molecule has 114 valence electrons. The zero-order chi connectivity index (χ0) is 14.9. The number of benzene rings is 1. The van der Waals surface area contributed by atoms with Crippen LogP contribution in [0.3, 0.4) is 0 Å². The largest absolute Gasteiger partial charge is 0.352 e. The van der Waals surface area contributed by atoms with Gasteiger partial charge in [-0.3, -0.25) is 0 Å². The first kappa shape index (κ1) is 15.7. The molecule has 0 saturated heterocycles. The van der Waals surface area contributed by atoms with Gasteiger partial charge in [-0.2, -0.15) is 5.10 Å². The molecule has 5 heteroatoms. The van der Waals surface area contributed by atoms with Gasteiger partial charge >= 0.3 is 0 Å². The SMILES string of the molecule is CCOC(CNCc1ccccc1-n1cccn1)OCC. The van der Waals surface area contributed by atoms with Gasteiger partial charge < -0.3 is 14.8 Å². The summed E-state index contributed by atoms with van der Waals surface area (Å²) in [5.74, 6) is 0. The van der Waals surface area contributed by atoms with Crippen molar-refractivity contribution in [2.75, 3.05) is 19.8 Å². The van der Waals surface area contributed by atoms with E-state index in [2.05, 4.69) is 22.5 Å². The average molecular weight is 289 g/mol. The minimum atomic E-state index is -0.197. The molecular weight excluding hydrogens is 266 g/mol. The summed E-state index contributed by atoms with van der Waals surface area (Å²) in [6, 6.07) is 10.1. The molecule has 1 aromatic carbocycles. The standard InChI is InChI=1S/C16H23N3O2/c1-3-20-16(21-4-2)13-17-12-14-8-5-6-9-15(14)19-11-7-10-18-19/h5-11,16-17H,3-4,12-13H2,1-2H3. The van der Waals surface area contributed by atoms with Crippen molar-refractivity contribution >= 4 is 0 Å². The van der Waals surface area contributed by atoms with Crippen LogP contribution >= 0.6 is 0 Å². The summed E-state index contributed by atoms with van der Waals surface area (Å²) in [5, 5.41) is 7.67. The van der Waals surface area contributed by atoms with Gasteiger partial charge in [0.05, 0.1) is 5.69 Å². The number of rotatable bonds is 9. The molecule has 0 amide bonds. The van der Waals surface area contributed by atoms with E-state index in [-0.39, 0.29) is 6.29 Å². The summed E-state index contributed by atoms with van der Waals surface area (Å²) in [5.41, 5.74) is 2.27. The van der Waals surface area contributed by atoms with E-state index in [1.165, 1.54) is 5.56 Å². The van der Waals surface area contributed by atoms with Crippen molar-refractivity contribution in [1.29, 1.82) is 0 Å². The molecule has 2 rings (SSSR count). The zero-order valence-electron chi connectivity index (χ0n) is 12.7. The molecule has 0 unspecified atom stereocenters. The van der Waals surface area contributed by atoms with Crippen LogP contribution in [0.15, 0.2) is 42.7 Å². The lowest BCUT2D eigenvalue weighted by atomic mass is 10.2. The number of ether oxygens (including phenoxy) is 2. The van der Waals surface area contributed by atoms with Crippen LogP contribution < -0.4 is 5.32 Å². The third-order valence-electron chi connectivity index (χ3n) is 3.07. The fourth-order valence-electron chi connectivity index (χ4n) is 2.16. The van der Waals surface area contributed by atoms with Crippen molar-refractivity contribution in [3.8, 4) is 5.69 Å². The second-order valence-corrected chi connectivity index (χ2v) is 4.55. The monoisotopic (exact) mass is 289 g/mol. The van der Waals surface area contributed by atoms with E-state index in [1.807, 2.05) is 42.9 Å². The fourth-order valence-corrected chi connectivity index (χ4v) is 2.16. The van der Waals surface area contributed by atoms with Crippen LogP contribution in [0, 0.1) is 0 Å². The Bertz CT molecular complexity index is 508. The Labute approximate surface area is 125 Å². The molecule has 0 aliphatic heterocycles. The third-order valence-corrected chi connectivity index (χ3v) is 3.07. The molecule has 0 spiro atoms. The molecule has 21 heavy (non-hydrogen) atoms. The van der Waals surface area contributed by atoms with Crippen LogP contribution in [-0.4, -0.2) is 35.8 Å². The van der Waals surface area contributed by atoms with Gasteiger partial charge in [-0.25, -0.2) is 4.68 Å². The van der Waals surface area contributed by atoms with Crippen LogP contribution in [0.1, 0.15) is 19.4 Å². The molecule has 1 aromatic heterocycles. The molecule has 0 aliphatic carbocycles. The Morgan fingerprint density at radius 3 is 2.57 bits per heavy atom. The fraction of sp³-hybridized carbons (Fsp3) is 0.438. The number of para-hydroxylation sites is 1. The third kappa shape index (κ3) is 4.67. The highest BCUT2D eigenvalue weighted by Crippen LogP contribution is 2.13. The quantitative estimate of drug-likeness (QED) is 0.720. The second-order valence-electron chi connectivity index (χ2n) is 4.55. The highest BCUT2D eigenvalue weighted by molar-refractivity contribution is 5.40. The summed E-state index contributed by atoms with van der Waals surface area (Å²) in [6.45, 7) is 6.65. The Morgan fingerprint density at radius 1 is 1.14 bits per heavy atom. The van der Waals surface area contributed by atoms with Crippen LogP contribution in [0.5, 0.6) is 0 Å². The maximum Gasteiger partial charge on any atom is 0.169 e. The molecule has 0 fully saturated rings. The number of aromatic nitrogens is 2. The summed E-state index contributed by atoms with van der Waals surface area (Å²) < 4.78 is 12.9. The minimum Gasteiger partial charge on any atom is -0.352 e.